The standard InChI is InChI=1S/C23H17BrF2N2OS/c24-18-8-6-17(7-9-18)21-14-27-23(30-15-16-4-2-1-3-5-16)28(21)19-10-12-20(13-11-19)29-22(25)26/h1-14,22H,15H2. The molecule has 1 aromatic heterocycles. The quantitative estimate of drug-likeness (QED) is 0.258. The zero-order chi connectivity index (χ0) is 20.9. The largest absolute Gasteiger partial charge is 0.435 e. The van der Waals surface area contributed by atoms with Gasteiger partial charge in [0.05, 0.1) is 11.9 Å². The van der Waals surface area contributed by atoms with Crippen LogP contribution in [0.5, 0.6) is 5.75 Å². The molecule has 0 aliphatic carbocycles. The van der Waals surface area contributed by atoms with E-state index >= 15 is 0 Å². The van der Waals surface area contributed by atoms with Gasteiger partial charge < -0.3 is 4.74 Å². The lowest BCUT2D eigenvalue weighted by Crippen LogP contribution is -2.03. The van der Waals surface area contributed by atoms with Gasteiger partial charge in [-0.25, -0.2) is 4.98 Å². The predicted molar refractivity (Wildman–Crippen MR) is 119 cm³/mol. The van der Waals surface area contributed by atoms with Gasteiger partial charge in [0.2, 0.25) is 0 Å². The zero-order valence-corrected chi connectivity index (χ0v) is 18.1. The third-order valence-electron chi connectivity index (χ3n) is 4.40. The van der Waals surface area contributed by atoms with Crippen molar-refractivity contribution in [3.05, 3.63) is 95.1 Å². The molecule has 0 aliphatic rings. The van der Waals surface area contributed by atoms with Gasteiger partial charge in [-0.1, -0.05) is 70.2 Å². The Labute approximate surface area is 185 Å². The summed E-state index contributed by atoms with van der Waals surface area (Å²) in [6.45, 7) is -2.85. The summed E-state index contributed by atoms with van der Waals surface area (Å²) in [5.41, 5.74) is 3.94. The fourth-order valence-corrected chi connectivity index (χ4v) is 4.22. The Morgan fingerprint density at radius 1 is 0.933 bits per heavy atom. The van der Waals surface area contributed by atoms with Crippen LogP contribution in [0, 0.1) is 0 Å². The molecule has 3 aromatic carbocycles. The lowest BCUT2D eigenvalue weighted by molar-refractivity contribution is -0.0498. The maximum Gasteiger partial charge on any atom is 0.387 e. The number of halogens is 3. The number of alkyl halides is 2. The molecule has 1 heterocycles. The van der Waals surface area contributed by atoms with Crippen molar-refractivity contribution in [2.45, 2.75) is 17.5 Å². The molecule has 4 rings (SSSR count). The van der Waals surface area contributed by atoms with Crippen LogP contribution in [-0.2, 0) is 5.75 Å². The van der Waals surface area contributed by atoms with Crippen LogP contribution in [-0.4, -0.2) is 16.2 Å². The first-order valence-electron chi connectivity index (χ1n) is 9.16. The second-order valence-electron chi connectivity index (χ2n) is 6.41. The molecule has 30 heavy (non-hydrogen) atoms. The molecular formula is C23H17BrF2N2OS. The molecular weight excluding hydrogens is 470 g/mol. The molecule has 0 saturated heterocycles. The third-order valence-corrected chi connectivity index (χ3v) is 5.95. The molecule has 0 fully saturated rings. The monoisotopic (exact) mass is 486 g/mol. The lowest BCUT2D eigenvalue weighted by Gasteiger charge is -2.13. The van der Waals surface area contributed by atoms with Gasteiger partial charge in [-0.05, 0) is 42.0 Å². The SMILES string of the molecule is FC(F)Oc1ccc(-n2c(-c3ccc(Br)cc3)cnc2SCc2ccccc2)cc1. The van der Waals surface area contributed by atoms with Crippen LogP contribution in [0.4, 0.5) is 8.78 Å². The molecule has 0 atom stereocenters. The predicted octanol–water partition coefficient (Wildman–Crippen LogP) is 7.20. The van der Waals surface area contributed by atoms with Crippen LogP contribution in [0.3, 0.4) is 0 Å². The number of benzene rings is 3. The van der Waals surface area contributed by atoms with Gasteiger partial charge in [0.15, 0.2) is 5.16 Å². The number of ether oxygens (including phenoxy) is 1. The minimum Gasteiger partial charge on any atom is -0.435 e. The molecule has 7 heteroatoms. The van der Waals surface area contributed by atoms with Gasteiger partial charge in [0, 0.05) is 21.5 Å². The maximum absolute atomic E-state index is 12.5. The Morgan fingerprint density at radius 3 is 2.30 bits per heavy atom. The highest BCUT2D eigenvalue weighted by Gasteiger charge is 2.15. The van der Waals surface area contributed by atoms with Crippen molar-refractivity contribution in [2.75, 3.05) is 0 Å². The maximum atomic E-state index is 12.5. The summed E-state index contributed by atoms with van der Waals surface area (Å²) >= 11 is 5.08. The third kappa shape index (κ3) is 4.91. The van der Waals surface area contributed by atoms with E-state index in [0.29, 0.717) is 0 Å². The van der Waals surface area contributed by atoms with E-state index in [1.807, 2.05) is 53.2 Å². The van der Waals surface area contributed by atoms with Crippen molar-refractivity contribution in [1.82, 2.24) is 9.55 Å². The van der Waals surface area contributed by atoms with E-state index in [-0.39, 0.29) is 5.75 Å². The van der Waals surface area contributed by atoms with Crippen LogP contribution < -0.4 is 4.74 Å². The minimum atomic E-state index is -2.85. The number of imidazole rings is 1. The summed E-state index contributed by atoms with van der Waals surface area (Å²) in [5, 5.41) is 0.819. The van der Waals surface area contributed by atoms with Gasteiger partial charge in [-0.2, -0.15) is 8.78 Å². The van der Waals surface area contributed by atoms with E-state index in [9.17, 15) is 8.78 Å². The van der Waals surface area contributed by atoms with E-state index in [0.717, 1.165) is 32.3 Å². The van der Waals surface area contributed by atoms with Crippen LogP contribution in [0.15, 0.2) is 94.7 Å². The average Bonchev–Trinajstić information content (AvgIpc) is 3.17. The van der Waals surface area contributed by atoms with Crippen molar-refractivity contribution in [3.8, 4) is 22.7 Å². The Morgan fingerprint density at radius 2 is 1.63 bits per heavy atom. The number of hydrogen-bond acceptors (Lipinski definition) is 3. The highest BCUT2D eigenvalue weighted by Crippen LogP contribution is 2.32. The molecule has 0 saturated carbocycles. The fraction of sp³-hybridized carbons (Fsp3) is 0.0870. The van der Waals surface area contributed by atoms with E-state index in [4.69, 9.17) is 0 Å². The molecule has 0 spiro atoms. The summed E-state index contributed by atoms with van der Waals surface area (Å²) in [6.07, 6.45) is 1.83. The molecule has 4 aromatic rings. The summed E-state index contributed by atoms with van der Waals surface area (Å²) in [5.74, 6) is 0.891. The number of thioether (sulfide) groups is 1. The first-order chi connectivity index (χ1) is 14.6. The molecule has 0 N–H and O–H groups in total. The van der Waals surface area contributed by atoms with Gasteiger partial charge in [-0.3, -0.25) is 4.57 Å². The first kappa shape index (κ1) is 20.6. The molecule has 0 amide bonds. The van der Waals surface area contributed by atoms with Gasteiger partial charge >= 0.3 is 6.61 Å². The lowest BCUT2D eigenvalue weighted by atomic mass is 10.1. The van der Waals surface area contributed by atoms with Crippen LogP contribution >= 0.6 is 27.7 Å². The number of rotatable bonds is 7. The second kappa shape index (κ2) is 9.45. The average molecular weight is 487 g/mol. The number of nitrogens with zero attached hydrogens (tertiary/aromatic N) is 2. The van der Waals surface area contributed by atoms with Gasteiger partial charge in [0.1, 0.15) is 5.75 Å². The van der Waals surface area contributed by atoms with Crippen molar-refractivity contribution in [1.29, 1.82) is 0 Å². The zero-order valence-electron chi connectivity index (χ0n) is 15.7. The molecule has 0 radical (unpaired) electrons. The summed E-state index contributed by atoms with van der Waals surface area (Å²) in [4.78, 5) is 4.64. The topological polar surface area (TPSA) is 27.1 Å². The van der Waals surface area contributed by atoms with Crippen molar-refractivity contribution < 1.29 is 13.5 Å². The van der Waals surface area contributed by atoms with Crippen LogP contribution in [0.2, 0.25) is 0 Å². The Kier molecular flexibility index (Phi) is 6.50. The smallest absolute Gasteiger partial charge is 0.387 e. The van der Waals surface area contributed by atoms with E-state index in [1.54, 1.807) is 36.0 Å². The number of aromatic nitrogens is 2. The van der Waals surface area contributed by atoms with Crippen LogP contribution in [0.1, 0.15) is 5.56 Å². The summed E-state index contributed by atoms with van der Waals surface area (Å²) in [7, 11) is 0. The fourth-order valence-electron chi connectivity index (χ4n) is 3.01. The normalized spacial score (nSPS) is 11.1. The number of hydrogen-bond donors (Lipinski definition) is 0. The first-order valence-corrected chi connectivity index (χ1v) is 10.9. The molecule has 3 nitrogen and oxygen atoms in total. The van der Waals surface area contributed by atoms with E-state index in [2.05, 4.69) is 37.8 Å². The van der Waals surface area contributed by atoms with Crippen molar-refractivity contribution >= 4 is 27.7 Å². The summed E-state index contributed by atoms with van der Waals surface area (Å²) in [6, 6.07) is 24.7. The highest BCUT2D eigenvalue weighted by atomic mass is 79.9. The van der Waals surface area contributed by atoms with Gasteiger partial charge in [-0.15, -0.1) is 0 Å². The van der Waals surface area contributed by atoms with E-state index in [1.165, 1.54) is 5.56 Å². The van der Waals surface area contributed by atoms with Crippen LogP contribution in [0.25, 0.3) is 16.9 Å². The van der Waals surface area contributed by atoms with Crippen molar-refractivity contribution in [3.63, 3.8) is 0 Å². The summed E-state index contributed by atoms with van der Waals surface area (Å²) < 4.78 is 32.5. The Bertz CT molecular complexity index is 1100. The second-order valence-corrected chi connectivity index (χ2v) is 8.27. The molecule has 0 aliphatic heterocycles. The van der Waals surface area contributed by atoms with Crippen molar-refractivity contribution in [2.24, 2.45) is 0 Å². The highest BCUT2D eigenvalue weighted by molar-refractivity contribution is 9.10. The minimum absolute atomic E-state index is 0.123. The Hall–Kier alpha value is -2.64. The molecule has 152 valence electrons. The van der Waals surface area contributed by atoms with E-state index < -0.39 is 6.61 Å². The molecule has 0 unspecified atom stereocenters. The Balaban J connectivity index is 1.70. The molecule has 0 bridgehead atoms. The van der Waals surface area contributed by atoms with Gasteiger partial charge in [0.25, 0.3) is 0 Å².